The first-order valence-corrected chi connectivity index (χ1v) is 12.3. The number of furan rings is 1. The van der Waals surface area contributed by atoms with Crippen LogP contribution >= 0.6 is 0 Å². The minimum absolute atomic E-state index is 0.0711. The van der Waals surface area contributed by atoms with E-state index >= 15 is 0 Å². The molecule has 0 aliphatic heterocycles. The summed E-state index contributed by atoms with van der Waals surface area (Å²) >= 11 is 0. The number of carbonyl (C=O) groups excluding carboxylic acids is 1. The van der Waals surface area contributed by atoms with Gasteiger partial charge in [-0.2, -0.15) is 5.10 Å². The molecule has 7 rings (SSSR count). The van der Waals surface area contributed by atoms with Crippen LogP contribution in [0.5, 0.6) is 0 Å². The number of imidazole rings is 1. The first kappa shape index (κ1) is 21.5. The van der Waals surface area contributed by atoms with E-state index in [-0.39, 0.29) is 11.8 Å². The fourth-order valence-corrected chi connectivity index (χ4v) is 5.14. The Labute approximate surface area is 211 Å². The SMILES string of the molecule is O=C(Nc1cncc(-c2cnc3[nH]nc(-c4nc5c(-c6ccoc6)cccc5[nH]4)c3c2)c1)C1CCCC1. The number of hydrogen-bond donors (Lipinski definition) is 3. The summed E-state index contributed by atoms with van der Waals surface area (Å²) < 4.78 is 5.27. The molecular weight excluding hydrogens is 466 g/mol. The number of anilines is 1. The van der Waals surface area contributed by atoms with Gasteiger partial charge in [0.1, 0.15) is 5.69 Å². The molecule has 37 heavy (non-hydrogen) atoms. The lowest BCUT2D eigenvalue weighted by atomic mass is 10.1. The van der Waals surface area contributed by atoms with Gasteiger partial charge >= 0.3 is 0 Å². The number of amides is 1. The maximum absolute atomic E-state index is 12.6. The fraction of sp³-hybridized carbons (Fsp3) is 0.179. The monoisotopic (exact) mass is 489 g/mol. The summed E-state index contributed by atoms with van der Waals surface area (Å²) in [6.07, 6.45) is 12.7. The van der Waals surface area contributed by atoms with E-state index in [9.17, 15) is 4.79 Å². The molecule has 1 aromatic carbocycles. The smallest absolute Gasteiger partial charge is 0.227 e. The summed E-state index contributed by atoms with van der Waals surface area (Å²) in [5, 5.41) is 11.4. The topological polar surface area (TPSA) is 125 Å². The maximum Gasteiger partial charge on any atom is 0.227 e. The van der Waals surface area contributed by atoms with Crippen molar-refractivity contribution < 1.29 is 9.21 Å². The zero-order chi connectivity index (χ0) is 24.8. The van der Waals surface area contributed by atoms with Crippen LogP contribution in [0.2, 0.25) is 0 Å². The molecule has 5 aromatic heterocycles. The highest BCUT2D eigenvalue weighted by molar-refractivity contribution is 5.97. The number of pyridine rings is 2. The minimum Gasteiger partial charge on any atom is -0.472 e. The third-order valence-corrected chi connectivity index (χ3v) is 7.05. The van der Waals surface area contributed by atoms with Gasteiger partial charge in [-0.05, 0) is 37.1 Å². The van der Waals surface area contributed by atoms with Crippen molar-refractivity contribution in [1.82, 2.24) is 30.1 Å². The number of aromatic nitrogens is 6. The summed E-state index contributed by atoms with van der Waals surface area (Å²) in [5.74, 6) is 0.807. The first-order chi connectivity index (χ1) is 18.2. The van der Waals surface area contributed by atoms with Gasteiger partial charge in [-0.1, -0.05) is 25.0 Å². The molecule has 0 atom stereocenters. The van der Waals surface area contributed by atoms with Gasteiger partial charge in [0, 0.05) is 40.6 Å². The van der Waals surface area contributed by atoms with E-state index in [1.54, 1.807) is 31.1 Å². The second-order valence-corrected chi connectivity index (χ2v) is 9.42. The number of benzene rings is 1. The standard InChI is InChI=1S/C28H23N7O2/c36-28(16-4-1-2-5-16)31-20-10-18(12-29-14-20)19-11-22-25(34-35-26(22)30-13-19)27-32-23-7-3-6-21(24(23)33-27)17-8-9-37-15-17/h3,6-16H,1-2,4-5H2,(H,31,36)(H,32,33)(H,30,34,35). The second kappa shape index (κ2) is 8.70. The second-order valence-electron chi connectivity index (χ2n) is 9.42. The summed E-state index contributed by atoms with van der Waals surface area (Å²) in [6.45, 7) is 0. The number of para-hydroxylation sites is 1. The highest BCUT2D eigenvalue weighted by Crippen LogP contribution is 2.33. The molecule has 0 saturated heterocycles. The Morgan fingerprint density at radius 3 is 2.78 bits per heavy atom. The van der Waals surface area contributed by atoms with Crippen molar-refractivity contribution in [3.05, 3.63) is 67.5 Å². The largest absolute Gasteiger partial charge is 0.472 e. The predicted molar refractivity (Wildman–Crippen MR) is 140 cm³/mol. The van der Waals surface area contributed by atoms with Crippen LogP contribution in [0.15, 0.2) is 71.9 Å². The molecule has 6 aromatic rings. The van der Waals surface area contributed by atoms with E-state index in [0.717, 1.165) is 64.4 Å². The highest BCUT2D eigenvalue weighted by Gasteiger charge is 2.23. The van der Waals surface area contributed by atoms with Crippen LogP contribution in [0, 0.1) is 5.92 Å². The van der Waals surface area contributed by atoms with Crippen molar-refractivity contribution in [1.29, 1.82) is 0 Å². The molecule has 9 heteroatoms. The molecule has 0 radical (unpaired) electrons. The average Bonchev–Trinajstić information content (AvgIpc) is 3.74. The summed E-state index contributed by atoms with van der Waals surface area (Å²) in [5.41, 5.74) is 7.45. The summed E-state index contributed by atoms with van der Waals surface area (Å²) in [7, 11) is 0. The molecule has 3 N–H and O–H groups in total. The predicted octanol–water partition coefficient (Wildman–Crippen LogP) is 5.95. The van der Waals surface area contributed by atoms with Crippen LogP contribution in [0.25, 0.3) is 55.8 Å². The lowest BCUT2D eigenvalue weighted by molar-refractivity contribution is -0.119. The summed E-state index contributed by atoms with van der Waals surface area (Å²) in [4.78, 5) is 29.8. The Kier molecular flexibility index (Phi) is 5.05. The zero-order valence-corrected chi connectivity index (χ0v) is 19.9. The van der Waals surface area contributed by atoms with E-state index < -0.39 is 0 Å². The third-order valence-electron chi connectivity index (χ3n) is 7.05. The number of rotatable bonds is 5. The van der Waals surface area contributed by atoms with Gasteiger partial charge < -0.3 is 14.7 Å². The molecule has 1 aliphatic rings. The number of carbonyl (C=O) groups is 1. The van der Waals surface area contributed by atoms with Gasteiger partial charge in [0.2, 0.25) is 5.91 Å². The number of H-pyrrole nitrogens is 2. The van der Waals surface area contributed by atoms with E-state index in [2.05, 4.69) is 30.5 Å². The van der Waals surface area contributed by atoms with E-state index in [1.807, 2.05) is 36.4 Å². The first-order valence-electron chi connectivity index (χ1n) is 12.3. The average molecular weight is 490 g/mol. The Morgan fingerprint density at radius 2 is 1.92 bits per heavy atom. The van der Waals surface area contributed by atoms with Crippen LogP contribution in [0.3, 0.4) is 0 Å². The van der Waals surface area contributed by atoms with Gasteiger partial charge in [-0.25, -0.2) is 9.97 Å². The molecule has 0 spiro atoms. The third kappa shape index (κ3) is 3.85. The number of hydrogen-bond acceptors (Lipinski definition) is 6. The Balaban J connectivity index is 1.25. The van der Waals surface area contributed by atoms with Crippen molar-refractivity contribution in [2.24, 2.45) is 5.92 Å². The van der Waals surface area contributed by atoms with Gasteiger partial charge in [-0.3, -0.25) is 14.9 Å². The number of aromatic amines is 2. The Bertz CT molecular complexity index is 1740. The van der Waals surface area contributed by atoms with Gasteiger partial charge in [0.05, 0.1) is 40.8 Å². The molecule has 9 nitrogen and oxygen atoms in total. The lowest BCUT2D eigenvalue weighted by Crippen LogP contribution is -2.20. The van der Waals surface area contributed by atoms with Crippen LogP contribution in [0.1, 0.15) is 25.7 Å². The maximum atomic E-state index is 12.6. The molecule has 0 unspecified atom stereocenters. The lowest BCUT2D eigenvalue weighted by Gasteiger charge is -2.11. The molecule has 182 valence electrons. The van der Waals surface area contributed by atoms with Crippen LogP contribution in [0.4, 0.5) is 5.69 Å². The number of nitrogens with one attached hydrogen (secondary N) is 3. The van der Waals surface area contributed by atoms with Crippen molar-refractivity contribution in [2.45, 2.75) is 25.7 Å². The van der Waals surface area contributed by atoms with E-state index in [0.29, 0.717) is 22.9 Å². The Morgan fingerprint density at radius 1 is 1.03 bits per heavy atom. The van der Waals surface area contributed by atoms with Crippen LogP contribution in [-0.4, -0.2) is 36.0 Å². The molecule has 5 heterocycles. The number of nitrogens with zero attached hydrogens (tertiary/aromatic N) is 4. The molecule has 1 saturated carbocycles. The van der Waals surface area contributed by atoms with Crippen molar-refractivity contribution in [2.75, 3.05) is 5.32 Å². The number of fused-ring (bicyclic) bond motifs is 2. The quantitative estimate of drug-likeness (QED) is 0.275. The van der Waals surface area contributed by atoms with Gasteiger partial charge in [0.25, 0.3) is 0 Å². The molecule has 1 aliphatic carbocycles. The zero-order valence-electron chi connectivity index (χ0n) is 19.9. The van der Waals surface area contributed by atoms with Crippen LogP contribution in [-0.2, 0) is 4.79 Å². The fourth-order valence-electron chi connectivity index (χ4n) is 5.14. The van der Waals surface area contributed by atoms with Crippen molar-refractivity contribution in [3.63, 3.8) is 0 Å². The minimum atomic E-state index is 0.0711. The van der Waals surface area contributed by atoms with Gasteiger partial charge in [-0.15, -0.1) is 0 Å². The normalized spacial score (nSPS) is 14.1. The van der Waals surface area contributed by atoms with Crippen molar-refractivity contribution >= 4 is 33.7 Å². The van der Waals surface area contributed by atoms with E-state index in [4.69, 9.17) is 9.40 Å². The molecular formula is C28H23N7O2. The molecule has 0 bridgehead atoms. The molecule has 1 amide bonds. The van der Waals surface area contributed by atoms with Crippen molar-refractivity contribution in [3.8, 4) is 33.8 Å². The summed E-state index contributed by atoms with van der Waals surface area (Å²) in [6, 6.07) is 11.9. The van der Waals surface area contributed by atoms with E-state index in [1.165, 1.54) is 0 Å². The van der Waals surface area contributed by atoms with Crippen LogP contribution < -0.4 is 5.32 Å². The molecule has 1 fully saturated rings. The highest BCUT2D eigenvalue weighted by atomic mass is 16.3. The Hall–Kier alpha value is -4.79. The van der Waals surface area contributed by atoms with Gasteiger partial charge in [0.15, 0.2) is 11.5 Å².